The average molecular weight is 361 g/mol. The Bertz CT molecular complexity index is 749. The fraction of sp³-hybridized carbons (Fsp3) is 0.556. The van der Waals surface area contributed by atoms with Gasteiger partial charge in [-0.25, -0.2) is 0 Å². The first-order valence-corrected chi connectivity index (χ1v) is 9.69. The van der Waals surface area contributed by atoms with Crippen molar-refractivity contribution in [2.75, 3.05) is 13.2 Å². The van der Waals surface area contributed by atoms with Crippen LogP contribution in [0.2, 0.25) is 0 Å². The van der Waals surface area contributed by atoms with Crippen molar-refractivity contribution in [1.82, 2.24) is 14.7 Å². The van der Waals surface area contributed by atoms with Crippen LogP contribution in [-0.2, 0) is 35.6 Å². The van der Waals surface area contributed by atoms with E-state index in [2.05, 4.69) is 28.2 Å². The van der Waals surface area contributed by atoms with E-state index in [1.165, 1.54) is 15.4 Å². The summed E-state index contributed by atoms with van der Waals surface area (Å²) in [6, 6.07) is 6.50. The molecule has 0 unspecified atom stereocenters. The van der Waals surface area contributed by atoms with Crippen LogP contribution in [0, 0.1) is 0 Å². The highest BCUT2D eigenvalue weighted by molar-refractivity contribution is 7.12. The smallest absolute Gasteiger partial charge is 0.303 e. The molecule has 2 aliphatic rings. The number of rotatable bonds is 6. The van der Waals surface area contributed by atoms with E-state index in [1.54, 1.807) is 0 Å². The van der Waals surface area contributed by atoms with Crippen LogP contribution >= 0.6 is 11.3 Å². The number of carboxylic acid groups (broad SMARTS) is 1. The molecular formula is C18H23N3O3S. The van der Waals surface area contributed by atoms with Gasteiger partial charge in [-0.3, -0.25) is 14.4 Å². The quantitative estimate of drug-likeness (QED) is 0.857. The highest BCUT2D eigenvalue weighted by Crippen LogP contribution is 2.34. The molecule has 2 aromatic heterocycles. The van der Waals surface area contributed by atoms with Crippen molar-refractivity contribution in [3.8, 4) is 0 Å². The van der Waals surface area contributed by atoms with Crippen LogP contribution in [0.5, 0.6) is 0 Å². The van der Waals surface area contributed by atoms with Crippen LogP contribution in [0.1, 0.15) is 46.5 Å². The number of hydrogen-bond donors (Lipinski definition) is 1. The Labute approximate surface area is 151 Å². The van der Waals surface area contributed by atoms with Crippen molar-refractivity contribution in [3.05, 3.63) is 39.3 Å². The van der Waals surface area contributed by atoms with Crippen LogP contribution in [0.4, 0.5) is 0 Å². The second-order valence-electron chi connectivity index (χ2n) is 6.76. The minimum absolute atomic E-state index is 0.140. The molecule has 25 heavy (non-hydrogen) atoms. The standard InChI is InChI=1S/C18H23N3O3S/c22-18(23)6-3-13-10-14-11-20(7-8-21(14)19-13)12-15-4-5-17(25-15)16-2-1-9-24-16/h4-5,10,16H,1-3,6-9,11-12H2,(H,22,23)/t16-/m1/s1. The van der Waals surface area contributed by atoms with Crippen LogP contribution in [0.15, 0.2) is 18.2 Å². The minimum atomic E-state index is -0.771. The third kappa shape index (κ3) is 3.94. The SMILES string of the molecule is O=C(O)CCc1cc2n(n1)CCN(Cc1ccc([C@H]3CCCO3)s1)C2. The first-order valence-electron chi connectivity index (χ1n) is 8.87. The summed E-state index contributed by atoms with van der Waals surface area (Å²) in [6.45, 7) is 4.55. The number of ether oxygens (including phenoxy) is 1. The third-order valence-electron chi connectivity index (χ3n) is 4.83. The number of carboxylic acids is 1. The first-order chi connectivity index (χ1) is 12.2. The van der Waals surface area contributed by atoms with Crippen molar-refractivity contribution in [2.45, 2.75) is 51.4 Å². The number of thiophene rings is 1. The molecule has 134 valence electrons. The Kier molecular flexibility index (Phi) is 4.87. The number of aryl methyl sites for hydroxylation is 1. The zero-order chi connectivity index (χ0) is 17.2. The number of carbonyl (C=O) groups is 1. The third-order valence-corrected chi connectivity index (χ3v) is 5.99. The Morgan fingerprint density at radius 1 is 1.40 bits per heavy atom. The van der Waals surface area contributed by atoms with E-state index >= 15 is 0 Å². The molecule has 0 aromatic carbocycles. The van der Waals surface area contributed by atoms with Gasteiger partial charge in [-0.15, -0.1) is 11.3 Å². The van der Waals surface area contributed by atoms with E-state index in [-0.39, 0.29) is 6.42 Å². The van der Waals surface area contributed by atoms with Gasteiger partial charge in [-0.1, -0.05) is 0 Å². The van der Waals surface area contributed by atoms with Crippen molar-refractivity contribution in [1.29, 1.82) is 0 Å². The number of nitrogens with zero attached hydrogens (tertiary/aromatic N) is 3. The molecule has 6 nitrogen and oxygen atoms in total. The molecule has 0 amide bonds. The fourth-order valence-corrected chi connectivity index (χ4v) is 4.69. The van der Waals surface area contributed by atoms with E-state index in [0.717, 1.165) is 51.3 Å². The summed E-state index contributed by atoms with van der Waals surface area (Å²) in [7, 11) is 0. The summed E-state index contributed by atoms with van der Waals surface area (Å²) < 4.78 is 7.80. The number of aliphatic carboxylic acids is 1. The molecule has 2 aliphatic heterocycles. The Morgan fingerprint density at radius 3 is 3.12 bits per heavy atom. The molecule has 1 fully saturated rings. The maximum absolute atomic E-state index is 10.7. The van der Waals surface area contributed by atoms with Gasteiger partial charge in [0.25, 0.3) is 0 Å². The summed E-state index contributed by atoms with van der Waals surface area (Å²) >= 11 is 1.87. The molecule has 1 N–H and O–H groups in total. The van der Waals surface area contributed by atoms with E-state index in [4.69, 9.17) is 9.84 Å². The average Bonchev–Trinajstić information content (AvgIpc) is 3.32. The first kappa shape index (κ1) is 16.8. The van der Waals surface area contributed by atoms with Crippen LogP contribution in [0.25, 0.3) is 0 Å². The van der Waals surface area contributed by atoms with Gasteiger partial charge in [0.1, 0.15) is 0 Å². The van der Waals surface area contributed by atoms with Crippen LogP contribution < -0.4 is 0 Å². The minimum Gasteiger partial charge on any atom is -0.481 e. The zero-order valence-corrected chi connectivity index (χ0v) is 15.0. The molecule has 0 aliphatic carbocycles. The lowest BCUT2D eigenvalue weighted by Crippen LogP contribution is -2.33. The Balaban J connectivity index is 1.36. The predicted octanol–water partition coefficient (Wildman–Crippen LogP) is 2.83. The molecule has 1 atom stereocenters. The van der Waals surface area contributed by atoms with Crippen molar-refractivity contribution in [3.63, 3.8) is 0 Å². The molecule has 0 spiro atoms. The Hall–Kier alpha value is -1.70. The predicted molar refractivity (Wildman–Crippen MR) is 94.5 cm³/mol. The summed E-state index contributed by atoms with van der Waals surface area (Å²) in [5.74, 6) is -0.771. The Morgan fingerprint density at radius 2 is 2.32 bits per heavy atom. The largest absolute Gasteiger partial charge is 0.481 e. The van der Waals surface area contributed by atoms with Crippen molar-refractivity contribution in [2.24, 2.45) is 0 Å². The molecule has 2 aromatic rings. The monoisotopic (exact) mass is 361 g/mol. The lowest BCUT2D eigenvalue weighted by Gasteiger charge is -2.26. The molecule has 0 saturated carbocycles. The molecular weight excluding hydrogens is 338 g/mol. The number of hydrogen-bond acceptors (Lipinski definition) is 5. The van der Waals surface area contributed by atoms with E-state index in [0.29, 0.717) is 12.5 Å². The van der Waals surface area contributed by atoms with E-state index in [9.17, 15) is 4.79 Å². The second kappa shape index (κ2) is 7.27. The van der Waals surface area contributed by atoms with Gasteiger partial charge < -0.3 is 9.84 Å². The maximum Gasteiger partial charge on any atom is 0.303 e. The summed E-state index contributed by atoms with van der Waals surface area (Å²) in [5.41, 5.74) is 2.07. The second-order valence-corrected chi connectivity index (χ2v) is 7.96. The van der Waals surface area contributed by atoms with Gasteiger partial charge in [0.15, 0.2) is 0 Å². The number of aromatic nitrogens is 2. The van der Waals surface area contributed by atoms with Crippen molar-refractivity contribution >= 4 is 17.3 Å². The highest BCUT2D eigenvalue weighted by atomic mass is 32.1. The highest BCUT2D eigenvalue weighted by Gasteiger charge is 2.22. The van der Waals surface area contributed by atoms with E-state index < -0.39 is 5.97 Å². The van der Waals surface area contributed by atoms with Gasteiger partial charge in [-0.05, 0) is 31.0 Å². The lowest BCUT2D eigenvalue weighted by atomic mass is 10.2. The molecule has 0 radical (unpaired) electrons. The lowest BCUT2D eigenvalue weighted by molar-refractivity contribution is -0.136. The van der Waals surface area contributed by atoms with Gasteiger partial charge in [0, 0.05) is 42.4 Å². The van der Waals surface area contributed by atoms with Gasteiger partial charge >= 0.3 is 5.97 Å². The van der Waals surface area contributed by atoms with Gasteiger partial charge in [0.05, 0.1) is 30.5 Å². The zero-order valence-electron chi connectivity index (χ0n) is 14.2. The van der Waals surface area contributed by atoms with Gasteiger partial charge in [-0.2, -0.15) is 5.10 Å². The van der Waals surface area contributed by atoms with Crippen molar-refractivity contribution < 1.29 is 14.6 Å². The maximum atomic E-state index is 10.7. The summed E-state index contributed by atoms with van der Waals surface area (Å²) in [6.07, 6.45) is 3.25. The topological polar surface area (TPSA) is 67.6 Å². The molecule has 1 saturated heterocycles. The van der Waals surface area contributed by atoms with E-state index in [1.807, 2.05) is 16.0 Å². The molecule has 0 bridgehead atoms. The van der Waals surface area contributed by atoms with Gasteiger partial charge in [0.2, 0.25) is 0 Å². The normalized spacial score (nSPS) is 20.7. The molecule has 7 heteroatoms. The molecule has 4 heterocycles. The van der Waals surface area contributed by atoms with Crippen LogP contribution in [-0.4, -0.2) is 38.9 Å². The van der Waals surface area contributed by atoms with Crippen LogP contribution in [0.3, 0.4) is 0 Å². The summed E-state index contributed by atoms with van der Waals surface area (Å²) in [4.78, 5) is 15.9. The summed E-state index contributed by atoms with van der Waals surface area (Å²) in [5, 5.41) is 13.3. The fourth-order valence-electron chi connectivity index (χ4n) is 3.55. The number of fused-ring (bicyclic) bond motifs is 1. The molecule has 4 rings (SSSR count).